The molecule has 1 rings (SSSR count). The maximum absolute atomic E-state index is 11.1. The van der Waals surface area contributed by atoms with E-state index in [1.165, 1.54) is 0 Å². The van der Waals surface area contributed by atoms with Crippen LogP contribution >= 0.6 is 0 Å². The zero-order valence-electron chi connectivity index (χ0n) is 8.36. The molecule has 1 aliphatic carbocycles. The van der Waals surface area contributed by atoms with Gasteiger partial charge in [0.05, 0.1) is 0 Å². The fourth-order valence-electron chi connectivity index (χ4n) is 1.36. The van der Waals surface area contributed by atoms with Crippen LogP contribution < -0.4 is 5.32 Å². The van der Waals surface area contributed by atoms with E-state index in [0.29, 0.717) is 24.0 Å². The van der Waals surface area contributed by atoms with E-state index < -0.39 is 22.8 Å². The van der Waals surface area contributed by atoms with Crippen molar-refractivity contribution >= 4 is 16.8 Å². The molecule has 0 radical (unpaired) electrons. The van der Waals surface area contributed by atoms with Gasteiger partial charge in [0, 0.05) is 28.9 Å². The normalized spacial score (nSPS) is 20.4. The number of carbonyl (C=O) groups is 1. The Morgan fingerprint density at radius 3 is 2.71 bits per heavy atom. The molecule has 0 aromatic rings. The molecule has 82 valence electrons. The van der Waals surface area contributed by atoms with Gasteiger partial charge in [-0.2, -0.15) is 0 Å². The molecule has 0 saturated heterocycles. The van der Waals surface area contributed by atoms with E-state index in [4.69, 9.17) is 5.11 Å². The molecule has 0 aromatic heterocycles. The van der Waals surface area contributed by atoms with Crippen LogP contribution in [0.1, 0.15) is 19.8 Å². The SMILES string of the molecule is CCS(=O)CCNC(C(=O)O)C1CC1. The van der Waals surface area contributed by atoms with Crippen molar-refractivity contribution < 1.29 is 14.1 Å². The van der Waals surface area contributed by atoms with Gasteiger partial charge in [0.15, 0.2) is 0 Å². The Morgan fingerprint density at radius 1 is 1.64 bits per heavy atom. The molecule has 2 unspecified atom stereocenters. The maximum Gasteiger partial charge on any atom is 0.320 e. The van der Waals surface area contributed by atoms with Gasteiger partial charge in [0.25, 0.3) is 0 Å². The molecule has 0 heterocycles. The molecule has 0 aromatic carbocycles. The Morgan fingerprint density at radius 2 is 2.29 bits per heavy atom. The number of carboxylic acids is 1. The van der Waals surface area contributed by atoms with E-state index >= 15 is 0 Å². The summed E-state index contributed by atoms with van der Waals surface area (Å²) in [5.74, 6) is 0.702. The lowest BCUT2D eigenvalue weighted by atomic mass is 10.2. The Labute approximate surface area is 86.5 Å². The molecule has 5 heteroatoms. The molecule has 0 amide bonds. The summed E-state index contributed by atoms with van der Waals surface area (Å²) in [6.45, 7) is 2.40. The van der Waals surface area contributed by atoms with Crippen LogP contribution in [0.3, 0.4) is 0 Å². The third kappa shape index (κ3) is 3.75. The first-order valence-electron chi connectivity index (χ1n) is 4.96. The monoisotopic (exact) mass is 219 g/mol. The quantitative estimate of drug-likeness (QED) is 0.642. The molecular weight excluding hydrogens is 202 g/mol. The van der Waals surface area contributed by atoms with Crippen molar-refractivity contribution in [3.05, 3.63) is 0 Å². The fourth-order valence-corrected chi connectivity index (χ4v) is 1.99. The highest BCUT2D eigenvalue weighted by Crippen LogP contribution is 2.32. The van der Waals surface area contributed by atoms with Gasteiger partial charge in [-0.3, -0.25) is 9.00 Å². The van der Waals surface area contributed by atoms with Crippen LogP contribution in [0, 0.1) is 5.92 Å². The predicted molar refractivity (Wildman–Crippen MR) is 55.7 cm³/mol. The summed E-state index contributed by atoms with van der Waals surface area (Å²) >= 11 is 0. The third-order valence-electron chi connectivity index (χ3n) is 2.38. The molecule has 2 N–H and O–H groups in total. The van der Waals surface area contributed by atoms with Gasteiger partial charge in [-0.25, -0.2) is 0 Å². The Kier molecular flexibility index (Phi) is 4.54. The second-order valence-corrected chi connectivity index (χ2v) is 5.41. The van der Waals surface area contributed by atoms with E-state index in [-0.39, 0.29) is 0 Å². The van der Waals surface area contributed by atoms with Gasteiger partial charge in [0.2, 0.25) is 0 Å². The standard InChI is InChI=1S/C9H17NO3S/c1-2-14(13)6-5-10-8(9(11)12)7-3-4-7/h7-8,10H,2-6H2,1H3,(H,11,12). The van der Waals surface area contributed by atoms with Crippen molar-refractivity contribution in [1.82, 2.24) is 5.32 Å². The number of hydrogen-bond acceptors (Lipinski definition) is 3. The third-order valence-corrected chi connectivity index (χ3v) is 3.68. The van der Waals surface area contributed by atoms with Crippen molar-refractivity contribution in [2.24, 2.45) is 5.92 Å². The lowest BCUT2D eigenvalue weighted by Gasteiger charge is -2.12. The summed E-state index contributed by atoms with van der Waals surface area (Å²) in [6, 6.07) is -0.427. The van der Waals surface area contributed by atoms with Crippen molar-refractivity contribution in [2.45, 2.75) is 25.8 Å². The van der Waals surface area contributed by atoms with E-state index in [0.717, 1.165) is 12.8 Å². The predicted octanol–water partition coefficient (Wildman–Crippen LogP) is 0.208. The minimum absolute atomic E-state index is 0.294. The van der Waals surface area contributed by atoms with Crippen LogP contribution in [0.5, 0.6) is 0 Å². The fraction of sp³-hybridized carbons (Fsp3) is 0.889. The average molecular weight is 219 g/mol. The van der Waals surface area contributed by atoms with Gasteiger partial charge < -0.3 is 10.4 Å². The molecule has 0 spiro atoms. The number of nitrogens with one attached hydrogen (secondary N) is 1. The van der Waals surface area contributed by atoms with E-state index in [9.17, 15) is 9.00 Å². The molecule has 2 atom stereocenters. The molecule has 0 aliphatic heterocycles. The zero-order chi connectivity index (χ0) is 10.6. The van der Waals surface area contributed by atoms with Crippen LogP contribution in [-0.4, -0.2) is 39.4 Å². The summed E-state index contributed by atoms with van der Waals surface area (Å²) in [7, 11) is -0.805. The van der Waals surface area contributed by atoms with E-state index in [1.54, 1.807) is 0 Å². The second-order valence-electron chi connectivity index (χ2n) is 3.54. The molecule has 14 heavy (non-hydrogen) atoms. The van der Waals surface area contributed by atoms with Crippen molar-refractivity contribution in [3.8, 4) is 0 Å². The molecule has 0 bridgehead atoms. The first kappa shape index (κ1) is 11.7. The highest BCUT2D eigenvalue weighted by Gasteiger charge is 2.35. The highest BCUT2D eigenvalue weighted by atomic mass is 32.2. The largest absolute Gasteiger partial charge is 0.480 e. The summed E-state index contributed by atoms with van der Waals surface area (Å²) in [5.41, 5.74) is 0. The maximum atomic E-state index is 11.1. The van der Waals surface area contributed by atoms with Crippen molar-refractivity contribution in [3.63, 3.8) is 0 Å². The van der Waals surface area contributed by atoms with Crippen LogP contribution in [0.15, 0.2) is 0 Å². The van der Waals surface area contributed by atoms with Crippen LogP contribution in [0.2, 0.25) is 0 Å². The number of hydrogen-bond donors (Lipinski definition) is 2. The summed E-state index contributed by atoms with van der Waals surface area (Å²) in [6.07, 6.45) is 2.00. The first-order chi connectivity index (χ1) is 6.65. The van der Waals surface area contributed by atoms with Gasteiger partial charge in [-0.1, -0.05) is 6.92 Å². The average Bonchev–Trinajstić information content (AvgIpc) is 2.94. The summed E-state index contributed by atoms with van der Waals surface area (Å²) < 4.78 is 11.1. The van der Waals surface area contributed by atoms with Crippen molar-refractivity contribution in [1.29, 1.82) is 0 Å². The summed E-state index contributed by atoms with van der Waals surface area (Å²) in [4.78, 5) is 10.8. The second kappa shape index (κ2) is 5.46. The van der Waals surface area contributed by atoms with E-state index in [2.05, 4.69) is 5.32 Å². The van der Waals surface area contributed by atoms with Gasteiger partial charge in [-0.15, -0.1) is 0 Å². The topological polar surface area (TPSA) is 66.4 Å². The molecule has 1 saturated carbocycles. The van der Waals surface area contributed by atoms with Crippen LogP contribution in [0.25, 0.3) is 0 Å². The Hall–Kier alpha value is -0.420. The molecular formula is C9H17NO3S. The Bertz CT molecular complexity index is 228. The Balaban J connectivity index is 2.20. The first-order valence-corrected chi connectivity index (χ1v) is 6.45. The zero-order valence-corrected chi connectivity index (χ0v) is 9.18. The molecule has 1 aliphatic rings. The van der Waals surface area contributed by atoms with Gasteiger partial charge in [0.1, 0.15) is 6.04 Å². The van der Waals surface area contributed by atoms with Gasteiger partial charge >= 0.3 is 5.97 Å². The minimum Gasteiger partial charge on any atom is -0.480 e. The number of aliphatic carboxylic acids is 1. The lowest BCUT2D eigenvalue weighted by molar-refractivity contribution is -0.140. The smallest absolute Gasteiger partial charge is 0.320 e. The molecule has 1 fully saturated rings. The van der Waals surface area contributed by atoms with Gasteiger partial charge in [-0.05, 0) is 18.8 Å². The highest BCUT2D eigenvalue weighted by molar-refractivity contribution is 7.84. The minimum atomic E-state index is -0.805. The van der Waals surface area contributed by atoms with Crippen LogP contribution in [0.4, 0.5) is 0 Å². The molecule has 4 nitrogen and oxygen atoms in total. The summed E-state index contributed by atoms with van der Waals surface area (Å²) in [5, 5.41) is 11.8. The lowest BCUT2D eigenvalue weighted by Crippen LogP contribution is -2.40. The number of rotatable bonds is 7. The number of carboxylic acid groups (broad SMARTS) is 1. The van der Waals surface area contributed by atoms with Crippen LogP contribution in [-0.2, 0) is 15.6 Å². The van der Waals surface area contributed by atoms with E-state index in [1.807, 2.05) is 6.92 Å². The van der Waals surface area contributed by atoms with Crippen molar-refractivity contribution in [2.75, 3.05) is 18.1 Å².